The monoisotopic (exact) mass is 271 g/mol. The van der Waals surface area contributed by atoms with Gasteiger partial charge in [0.15, 0.2) is 0 Å². The molecule has 0 saturated carbocycles. The highest BCUT2D eigenvalue weighted by atomic mass is 32.1. The van der Waals surface area contributed by atoms with Crippen LogP contribution in [0.25, 0.3) is 0 Å². The lowest BCUT2D eigenvalue weighted by Crippen LogP contribution is -2.29. The molecule has 1 aromatic heterocycles. The van der Waals surface area contributed by atoms with Crippen LogP contribution in [0.2, 0.25) is 0 Å². The lowest BCUT2D eigenvalue weighted by molar-refractivity contribution is 0.0702. The van der Waals surface area contributed by atoms with Gasteiger partial charge in [-0.2, -0.15) is 0 Å². The molecule has 0 amide bonds. The number of rotatable bonds is 6. The first-order valence-electron chi connectivity index (χ1n) is 5.99. The minimum absolute atomic E-state index is 0.112. The molecule has 102 valence electrons. The Labute approximate surface area is 112 Å². The number of aromatic carboxylic acids is 1. The molecular formula is C13H21NO3S. The molecule has 0 spiro atoms. The maximum atomic E-state index is 10.7. The molecule has 0 aliphatic heterocycles. The molecule has 0 aliphatic rings. The van der Waals surface area contributed by atoms with E-state index in [9.17, 15) is 9.90 Å². The van der Waals surface area contributed by atoms with E-state index in [1.165, 1.54) is 11.3 Å². The van der Waals surface area contributed by atoms with Crippen LogP contribution in [0.1, 0.15) is 41.7 Å². The minimum atomic E-state index is -0.890. The maximum Gasteiger partial charge on any atom is 0.345 e. The van der Waals surface area contributed by atoms with Gasteiger partial charge >= 0.3 is 5.97 Å². The predicted octanol–water partition coefficient (Wildman–Crippen LogP) is 2.33. The first-order valence-corrected chi connectivity index (χ1v) is 6.80. The van der Waals surface area contributed by atoms with E-state index in [1.54, 1.807) is 12.1 Å². The summed E-state index contributed by atoms with van der Waals surface area (Å²) in [7, 11) is 0. The summed E-state index contributed by atoms with van der Waals surface area (Å²) in [6.07, 6.45) is 0.370. The zero-order valence-corrected chi connectivity index (χ0v) is 11.9. The molecule has 0 radical (unpaired) electrons. The molecule has 1 unspecified atom stereocenters. The molecule has 0 aliphatic carbocycles. The van der Waals surface area contributed by atoms with E-state index in [0.29, 0.717) is 18.0 Å². The molecule has 1 rings (SSSR count). The average Bonchev–Trinajstić information content (AvgIpc) is 2.63. The van der Waals surface area contributed by atoms with Crippen molar-refractivity contribution in [1.82, 2.24) is 5.32 Å². The Morgan fingerprint density at radius 1 is 1.44 bits per heavy atom. The van der Waals surface area contributed by atoms with E-state index >= 15 is 0 Å². The fourth-order valence-electron chi connectivity index (χ4n) is 1.73. The van der Waals surface area contributed by atoms with Crippen molar-refractivity contribution in [3.05, 3.63) is 21.9 Å². The second kappa shape index (κ2) is 6.31. The standard InChI is InChI=1S/C13H21NO3S/c1-13(2,3)6-9(15)7-14-8-10-4-5-11(18-10)12(16)17/h4-5,9,14-15H,6-8H2,1-3H3,(H,16,17). The van der Waals surface area contributed by atoms with E-state index in [1.807, 2.05) is 0 Å². The highest BCUT2D eigenvalue weighted by molar-refractivity contribution is 7.13. The predicted molar refractivity (Wildman–Crippen MR) is 73.1 cm³/mol. The Hall–Kier alpha value is -0.910. The number of carboxylic acid groups (broad SMARTS) is 1. The summed E-state index contributed by atoms with van der Waals surface area (Å²) >= 11 is 1.26. The molecule has 0 bridgehead atoms. The smallest absolute Gasteiger partial charge is 0.345 e. The van der Waals surface area contributed by atoms with Crippen LogP contribution in [0, 0.1) is 5.41 Å². The number of hydrogen-bond donors (Lipinski definition) is 3. The Morgan fingerprint density at radius 3 is 2.61 bits per heavy atom. The number of thiophene rings is 1. The van der Waals surface area contributed by atoms with Gasteiger partial charge in [-0.25, -0.2) is 4.79 Å². The largest absolute Gasteiger partial charge is 0.477 e. The molecule has 1 heterocycles. The number of carboxylic acids is 1. The van der Waals surface area contributed by atoms with Gasteiger partial charge in [-0.15, -0.1) is 11.3 Å². The van der Waals surface area contributed by atoms with Gasteiger partial charge in [0.2, 0.25) is 0 Å². The molecule has 4 nitrogen and oxygen atoms in total. The number of aliphatic hydroxyl groups is 1. The molecule has 0 saturated heterocycles. The van der Waals surface area contributed by atoms with Crippen molar-refractivity contribution in [3.63, 3.8) is 0 Å². The second-order valence-electron chi connectivity index (χ2n) is 5.62. The summed E-state index contributed by atoms with van der Waals surface area (Å²) in [5, 5.41) is 21.7. The van der Waals surface area contributed by atoms with Crippen molar-refractivity contribution < 1.29 is 15.0 Å². The van der Waals surface area contributed by atoms with E-state index in [2.05, 4.69) is 26.1 Å². The quantitative estimate of drug-likeness (QED) is 0.742. The summed E-state index contributed by atoms with van der Waals surface area (Å²) in [5.41, 5.74) is 0.112. The summed E-state index contributed by atoms with van der Waals surface area (Å²) in [5.74, 6) is -0.890. The zero-order chi connectivity index (χ0) is 13.8. The molecule has 3 N–H and O–H groups in total. The van der Waals surface area contributed by atoms with Crippen LogP contribution in [0.3, 0.4) is 0 Å². The van der Waals surface area contributed by atoms with Gasteiger partial charge < -0.3 is 15.5 Å². The van der Waals surface area contributed by atoms with Crippen LogP contribution in [-0.2, 0) is 6.54 Å². The average molecular weight is 271 g/mol. The van der Waals surface area contributed by atoms with Crippen LogP contribution in [0.5, 0.6) is 0 Å². The van der Waals surface area contributed by atoms with Gasteiger partial charge in [0, 0.05) is 18.0 Å². The summed E-state index contributed by atoms with van der Waals surface area (Å²) in [6, 6.07) is 3.41. The van der Waals surface area contributed by atoms with E-state index in [4.69, 9.17) is 5.11 Å². The summed E-state index contributed by atoms with van der Waals surface area (Å²) in [6.45, 7) is 7.40. The van der Waals surface area contributed by atoms with Crippen LogP contribution < -0.4 is 5.32 Å². The number of carbonyl (C=O) groups is 1. The first kappa shape index (κ1) is 15.1. The van der Waals surface area contributed by atoms with Gasteiger partial charge in [0.05, 0.1) is 6.10 Å². The van der Waals surface area contributed by atoms with Crippen molar-refractivity contribution in [2.24, 2.45) is 5.41 Å². The lowest BCUT2D eigenvalue weighted by atomic mass is 9.89. The summed E-state index contributed by atoms with van der Waals surface area (Å²) in [4.78, 5) is 12.0. The summed E-state index contributed by atoms with van der Waals surface area (Å²) < 4.78 is 0. The van der Waals surface area contributed by atoms with E-state index < -0.39 is 5.97 Å². The van der Waals surface area contributed by atoms with Crippen LogP contribution in [-0.4, -0.2) is 28.8 Å². The second-order valence-corrected chi connectivity index (χ2v) is 6.79. The lowest BCUT2D eigenvalue weighted by Gasteiger charge is -2.22. The molecule has 0 aromatic carbocycles. The van der Waals surface area contributed by atoms with Gasteiger partial charge in [0.1, 0.15) is 4.88 Å². The molecule has 1 atom stereocenters. The maximum absolute atomic E-state index is 10.7. The fourth-order valence-corrected chi connectivity index (χ4v) is 2.55. The van der Waals surface area contributed by atoms with Crippen molar-refractivity contribution >= 4 is 17.3 Å². The van der Waals surface area contributed by atoms with Crippen molar-refractivity contribution in [2.45, 2.75) is 39.8 Å². The van der Waals surface area contributed by atoms with Crippen molar-refractivity contribution in [1.29, 1.82) is 0 Å². The minimum Gasteiger partial charge on any atom is -0.477 e. The van der Waals surface area contributed by atoms with Crippen LogP contribution in [0.15, 0.2) is 12.1 Å². The topological polar surface area (TPSA) is 69.6 Å². The normalized spacial score (nSPS) is 13.6. The first-order chi connectivity index (χ1) is 8.28. The van der Waals surface area contributed by atoms with Gasteiger partial charge in [-0.3, -0.25) is 0 Å². The van der Waals surface area contributed by atoms with Gasteiger partial charge in [-0.05, 0) is 24.0 Å². The Bertz CT molecular complexity index is 395. The van der Waals surface area contributed by atoms with Gasteiger partial charge in [0.25, 0.3) is 0 Å². The van der Waals surface area contributed by atoms with Crippen LogP contribution in [0.4, 0.5) is 0 Å². The number of aliphatic hydroxyl groups excluding tert-OH is 1. The van der Waals surface area contributed by atoms with E-state index in [0.717, 1.165) is 11.3 Å². The van der Waals surface area contributed by atoms with Crippen molar-refractivity contribution in [3.8, 4) is 0 Å². The van der Waals surface area contributed by atoms with Gasteiger partial charge in [-0.1, -0.05) is 20.8 Å². The third kappa shape index (κ3) is 5.62. The molecule has 5 heteroatoms. The number of hydrogen-bond acceptors (Lipinski definition) is 4. The Kier molecular flexibility index (Phi) is 5.31. The zero-order valence-electron chi connectivity index (χ0n) is 11.1. The fraction of sp³-hybridized carbons (Fsp3) is 0.615. The third-order valence-electron chi connectivity index (χ3n) is 2.40. The Balaban J connectivity index is 2.31. The van der Waals surface area contributed by atoms with Crippen LogP contribution >= 0.6 is 11.3 Å². The van der Waals surface area contributed by atoms with Crippen molar-refractivity contribution in [2.75, 3.05) is 6.54 Å². The molecule has 0 fully saturated rings. The Morgan fingerprint density at radius 2 is 2.11 bits per heavy atom. The molecule has 18 heavy (non-hydrogen) atoms. The molecular weight excluding hydrogens is 250 g/mol. The van der Waals surface area contributed by atoms with E-state index in [-0.39, 0.29) is 11.5 Å². The highest BCUT2D eigenvalue weighted by Crippen LogP contribution is 2.20. The third-order valence-corrected chi connectivity index (χ3v) is 3.47. The number of nitrogens with one attached hydrogen (secondary N) is 1. The highest BCUT2D eigenvalue weighted by Gasteiger charge is 2.16. The SMILES string of the molecule is CC(C)(C)CC(O)CNCc1ccc(C(=O)O)s1. The molecule has 1 aromatic rings.